The van der Waals surface area contributed by atoms with Crippen molar-refractivity contribution in [2.24, 2.45) is 0 Å². The largest absolute Gasteiger partial charge is 0.369 e. The Hall–Kier alpha value is -2.45. The summed E-state index contributed by atoms with van der Waals surface area (Å²) in [5, 5.41) is 11.0. The number of piperidine rings is 1. The molecule has 2 N–H and O–H groups in total. The number of carbonyl (C=O) groups excluding carboxylic acids is 1. The van der Waals surface area contributed by atoms with E-state index in [0.29, 0.717) is 18.3 Å². The van der Waals surface area contributed by atoms with Crippen LogP contribution in [0, 0.1) is 0 Å². The third kappa shape index (κ3) is 2.89. The number of nitrogens with zero attached hydrogens (tertiary/aromatic N) is 3. The highest BCUT2D eigenvalue weighted by atomic mass is 16.5. The Morgan fingerprint density at radius 1 is 1.26 bits per heavy atom. The number of amides is 1. The van der Waals surface area contributed by atoms with E-state index >= 15 is 0 Å². The third-order valence-electron chi connectivity index (χ3n) is 5.67. The van der Waals surface area contributed by atoms with Gasteiger partial charge in [0.2, 0.25) is 0 Å². The van der Waals surface area contributed by atoms with E-state index in [-0.39, 0.29) is 12.0 Å². The molecule has 5 rings (SSSR count). The van der Waals surface area contributed by atoms with Crippen molar-refractivity contribution < 1.29 is 14.1 Å². The molecule has 4 heterocycles. The summed E-state index contributed by atoms with van der Waals surface area (Å²) >= 11 is 0. The number of ether oxygens (including phenoxy) is 1. The molecule has 0 aliphatic carbocycles. The molecule has 8 heteroatoms. The van der Waals surface area contributed by atoms with Crippen LogP contribution in [0.15, 0.2) is 28.8 Å². The number of hydrogen-bond donors (Lipinski definition) is 2. The summed E-state index contributed by atoms with van der Waals surface area (Å²) in [6.07, 6.45) is 3.29. The second kappa shape index (κ2) is 6.61. The average molecular weight is 369 g/mol. The van der Waals surface area contributed by atoms with Gasteiger partial charge in [0.25, 0.3) is 11.8 Å². The van der Waals surface area contributed by atoms with Gasteiger partial charge in [-0.05, 0) is 50.9 Å². The van der Waals surface area contributed by atoms with Crippen LogP contribution in [0.1, 0.15) is 43.5 Å². The van der Waals surface area contributed by atoms with Crippen LogP contribution in [-0.4, -0.2) is 41.3 Å². The van der Waals surface area contributed by atoms with Crippen LogP contribution < -0.4 is 15.5 Å². The average Bonchev–Trinajstić information content (AvgIpc) is 3.38. The Morgan fingerprint density at radius 3 is 2.93 bits per heavy atom. The fraction of sp³-hybridized carbons (Fsp3) is 0.526. The van der Waals surface area contributed by atoms with E-state index in [1.165, 1.54) is 0 Å². The number of rotatable bonds is 3. The lowest BCUT2D eigenvalue weighted by atomic mass is 9.84. The Bertz CT molecular complexity index is 839. The van der Waals surface area contributed by atoms with Gasteiger partial charge in [-0.25, -0.2) is 0 Å². The molecule has 0 bridgehead atoms. The molecule has 142 valence electrons. The summed E-state index contributed by atoms with van der Waals surface area (Å²) in [6.45, 7) is 2.66. The first-order valence-corrected chi connectivity index (χ1v) is 9.59. The molecule has 1 aromatic heterocycles. The number of anilines is 2. The van der Waals surface area contributed by atoms with Crippen LogP contribution >= 0.6 is 0 Å². The van der Waals surface area contributed by atoms with Crippen LogP contribution in [0.5, 0.6) is 0 Å². The zero-order chi connectivity index (χ0) is 18.3. The van der Waals surface area contributed by atoms with E-state index in [4.69, 9.17) is 9.26 Å². The second-order valence-electron chi connectivity index (χ2n) is 7.42. The smallest absolute Gasteiger partial charge is 0.255 e. The first-order chi connectivity index (χ1) is 13.3. The van der Waals surface area contributed by atoms with E-state index < -0.39 is 5.54 Å². The van der Waals surface area contributed by atoms with Crippen LogP contribution in [0.4, 0.5) is 11.4 Å². The molecule has 0 saturated carbocycles. The van der Waals surface area contributed by atoms with Gasteiger partial charge in [0, 0.05) is 6.61 Å². The number of fused-ring (bicyclic) bond motifs is 1. The van der Waals surface area contributed by atoms with E-state index in [9.17, 15) is 4.79 Å². The minimum Gasteiger partial charge on any atom is -0.369 e. The number of hydrogen-bond acceptors (Lipinski definition) is 7. The molecule has 1 spiro atoms. The molecule has 0 radical (unpaired) electrons. The predicted molar refractivity (Wildman–Crippen MR) is 98.3 cm³/mol. The van der Waals surface area contributed by atoms with Gasteiger partial charge in [0.05, 0.1) is 17.9 Å². The summed E-state index contributed by atoms with van der Waals surface area (Å²) in [5.41, 5.74) is 1.26. The fourth-order valence-corrected chi connectivity index (χ4v) is 4.22. The van der Waals surface area contributed by atoms with Crippen LogP contribution in [-0.2, 0) is 16.1 Å². The zero-order valence-corrected chi connectivity index (χ0v) is 15.1. The molecule has 27 heavy (non-hydrogen) atoms. The summed E-state index contributed by atoms with van der Waals surface area (Å²) < 4.78 is 11.0. The molecule has 3 aliphatic rings. The topological polar surface area (TPSA) is 92.5 Å². The van der Waals surface area contributed by atoms with Crippen molar-refractivity contribution in [3.05, 3.63) is 36.0 Å². The van der Waals surface area contributed by atoms with Crippen molar-refractivity contribution in [1.29, 1.82) is 0 Å². The Balaban J connectivity index is 1.45. The highest BCUT2D eigenvalue weighted by Gasteiger charge is 2.46. The van der Waals surface area contributed by atoms with Gasteiger partial charge >= 0.3 is 0 Å². The SMILES string of the molecule is O=C1N(Cc2noc([C@H]3CCCO3)n2)c2ccccc2NC12CCNCC2. The van der Waals surface area contributed by atoms with Gasteiger partial charge in [0.15, 0.2) is 5.82 Å². The predicted octanol–water partition coefficient (Wildman–Crippen LogP) is 2.00. The highest BCUT2D eigenvalue weighted by molar-refractivity contribution is 6.07. The van der Waals surface area contributed by atoms with Gasteiger partial charge in [-0.2, -0.15) is 4.98 Å². The van der Waals surface area contributed by atoms with Crippen molar-refractivity contribution in [2.75, 3.05) is 29.9 Å². The normalized spacial score (nSPS) is 24.1. The fourth-order valence-electron chi connectivity index (χ4n) is 4.22. The summed E-state index contributed by atoms with van der Waals surface area (Å²) in [7, 11) is 0. The quantitative estimate of drug-likeness (QED) is 0.855. The van der Waals surface area contributed by atoms with Crippen molar-refractivity contribution in [3.8, 4) is 0 Å². The van der Waals surface area contributed by atoms with E-state index in [0.717, 1.165) is 56.8 Å². The molecule has 1 atom stereocenters. The lowest BCUT2D eigenvalue weighted by Crippen LogP contribution is -2.61. The van der Waals surface area contributed by atoms with Crippen molar-refractivity contribution in [2.45, 2.75) is 43.9 Å². The van der Waals surface area contributed by atoms with Gasteiger partial charge in [0.1, 0.15) is 11.6 Å². The molecule has 3 aliphatic heterocycles. The maximum absolute atomic E-state index is 13.5. The summed E-state index contributed by atoms with van der Waals surface area (Å²) in [5.74, 6) is 1.09. The second-order valence-corrected chi connectivity index (χ2v) is 7.42. The molecule has 8 nitrogen and oxygen atoms in total. The van der Waals surface area contributed by atoms with E-state index in [1.54, 1.807) is 4.90 Å². The van der Waals surface area contributed by atoms with Crippen LogP contribution in [0.3, 0.4) is 0 Å². The molecular weight excluding hydrogens is 346 g/mol. The van der Waals surface area contributed by atoms with Crippen LogP contribution in [0.25, 0.3) is 0 Å². The number of benzene rings is 1. The Morgan fingerprint density at radius 2 is 2.11 bits per heavy atom. The number of para-hydroxylation sites is 2. The molecule has 2 saturated heterocycles. The minimum atomic E-state index is -0.569. The summed E-state index contributed by atoms with van der Waals surface area (Å²) in [4.78, 5) is 19.7. The molecule has 1 aromatic carbocycles. The van der Waals surface area contributed by atoms with Crippen molar-refractivity contribution in [1.82, 2.24) is 15.5 Å². The van der Waals surface area contributed by atoms with Crippen molar-refractivity contribution >= 4 is 17.3 Å². The number of nitrogens with one attached hydrogen (secondary N) is 2. The monoisotopic (exact) mass is 369 g/mol. The maximum Gasteiger partial charge on any atom is 0.255 e. The van der Waals surface area contributed by atoms with E-state index in [2.05, 4.69) is 20.8 Å². The van der Waals surface area contributed by atoms with Crippen molar-refractivity contribution in [3.63, 3.8) is 0 Å². The molecule has 0 unspecified atom stereocenters. The molecule has 2 fully saturated rings. The Labute approximate surface area is 157 Å². The molecule has 2 aromatic rings. The van der Waals surface area contributed by atoms with Crippen LogP contribution in [0.2, 0.25) is 0 Å². The zero-order valence-electron chi connectivity index (χ0n) is 15.1. The van der Waals surface area contributed by atoms with Gasteiger partial charge in [-0.3, -0.25) is 4.79 Å². The third-order valence-corrected chi connectivity index (χ3v) is 5.67. The molecule has 1 amide bonds. The van der Waals surface area contributed by atoms with Gasteiger partial charge in [-0.1, -0.05) is 17.3 Å². The maximum atomic E-state index is 13.5. The number of aromatic nitrogens is 2. The lowest BCUT2D eigenvalue weighted by molar-refractivity contribution is -0.124. The molecular formula is C19H23N5O3. The minimum absolute atomic E-state index is 0.0752. The first-order valence-electron chi connectivity index (χ1n) is 9.59. The van der Waals surface area contributed by atoms with Gasteiger partial charge < -0.3 is 24.8 Å². The number of carbonyl (C=O) groups is 1. The van der Waals surface area contributed by atoms with Gasteiger partial charge in [-0.15, -0.1) is 0 Å². The Kier molecular flexibility index (Phi) is 4.09. The lowest BCUT2D eigenvalue weighted by Gasteiger charge is -2.45. The standard InChI is InChI=1S/C19H23N5O3/c25-18-19(7-9-20-10-8-19)22-13-4-1-2-5-14(13)24(18)12-16-21-17(27-23-16)15-6-3-11-26-15/h1-2,4-5,15,20,22H,3,6-12H2/t15-/m1/s1. The first kappa shape index (κ1) is 16.7. The highest BCUT2D eigenvalue weighted by Crippen LogP contribution is 2.39. The van der Waals surface area contributed by atoms with E-state index in [1.807, 2.05) is 24.3 Å². The summed E-state index contributed by atoms with van der Waals surface area (Å²) in [6, 6.07) is 7.90.